The van der Waals surface area contributed by atoms with E-state index in [0.29, 0.717) is 6.42 Å². The summed E-state index contributed by atoms with van der Waals surface area (Å²) in [6.45, 7) is 3.24. The van der Waals surface area contributed by atoms with Crippen LogP contribution in [0, 0.1) is 0 Å². The van der Waals surface area contributed by atoms with Crippen molar-refractivity contribution in [1.29, 1.82) is 0 Å². The van der Waals surface area contributed by atoms with Crippen LogP contribution in [0.25, 0.3) is 11.1 Å². The van der Waals surface area contributed by atoms with Crippen LogP contribution in [0.2, 0.25) is 0 Å². The SMILES string of the molecule is CCC[C@H](NC(=O)C(C)(COC)NC(=O)OCC1c2ccccc2-c2ccccc21)C(=O)O. The number of benzene rings is 2. The Morgan fingerprint density at radius 3 is 2.15 bits per heavy atom. The van der Waals surface area contributed by atoms with Crippen molar-refractivity contribution in [3.05, 3.63) is 59.7 Å². The lowest BCUT2D eigenvalue weighted by Crippen LogP contribution is -2.61. The maximum Gasteiger partial charge on any atom is 0.408 e. The van der Waals surface area contributed by atoms with Gasteiger partial charge in [0.05, 0.1) is 6.61 Å². The second kappa shape index (κ2) is 10.5. The maximum atomic E-state index is 12.8. The van der Waals surface area contributed by atoms with Crippen LogP contribution in [0.5, 0.6) is 0 Å². The van der Waals surface area contributed by atoms with Gasteiger partial charge in [0.1, 0.15) is 18.2 Å². The Balaban J connectivity index is 1.69. The van der Waals surface area contributed by atoms with Gasteiger partial charge in [-0.3, -0.25) is 4.79 Å². The summed E-state index contributed by atoms with van der Waals surface area (Å²) in [5.41, 5.74) is 2.88. The smallest absolute Gasteiger partial charge is 0.408 e. The first-order valence-electron chi connectivity index (χ1n) is 11.0. The molecule has 8 nitrogen and oxygen atoms in total. The fraction of sp³-hybridized carbons (Fsp3) is 0.400. The third kappa shape index (κ3) is 5.34. The van der Waals surface area contributed by atoms with Crippen LogP contribution < -0.4 is 10.6 Å². The molecule has 176 valence electrons. The average molecular weight is 455 g/mol. The first-order chi connectivity index (χ1) is 15.8. The fourth-order valence-corrected chi connectivity index (χ4v) is 4.17. The zero-order valence-electron chi connectivity index (χ0n) is 19.1. The quantitative estimate of drug-likeness (QED) is 0.508. The number of hydrogen-bond acceptors (Lipinski definition) is 5. The lowest BCUT2D eigenvalue weighted by molar-refractivity contribution is -0.143. The Morgan fingerprint density at radius 2 is 1.64 bits per heavy atom. The lowest BCUT2D eigenvalue weighted by Gasteiger charge is -2.30. The van der Waals surface area contributed by atoms with Crippen molar-refractivity contribution in [2.24, 2.45) is 0 Å². The van der Waals surface area contributed by atoms with Crippen molar-refractivity contribution in [2.45, 2.75) is 44.2 Å². The summed E-state index contributed by atoms with van der Waals surface area (Å²) in [6.07, 6.45) is 0.0709. The Kier molecular flexibility index (Phi) is 7.71. The van der Waals surface area contributed by atoms with E-state index in [-0.39, 0.29) is 25.6 Å². The molecular weight excluding hydrogens is 424 g/mol. The molecule has 1 unspecified atom stereocenters. The molecule has 2 aromatic carbocycles. The van der Waals surface area contributed by atoms with Crippen molar-refractivity contribution in [3.8, 4) is 11.1 Å². The Hall–Kier alpha value is -3.39. The van der Waals surface area contributed by atoms with E-state index in [1.807, 2.05) is 55.5 Å². The van der Waals surface area contributed by atoms with Gasteiger partial charge in [0.25, 0.3) is 0 Å². The standard InChI is InChI=1S/C25H30N2O6/c1-4-9-21(22(28)29)26-23(30)25(2,15-32-3)27-24(31)33-14-20-18-12-7-5-10-16(18)17-11-6-8-13-19(17)20/h5-8,10-13,20-21H,4,9,14-15H2,1-3H3,(H,26,30)(H,27,31)(H,28,29)/t21-,25?/m0/s1. The molecule has 2 amide bonds. The van der Waals surface area contributed by atoms with E-state index in [0.717, 1.165) is 22.3 Å². The van der Waals surface area contributed by atoms with Crippen LogP contribution in [0.3, 0.4) is 0 Å². The Morgan fingerprint density at radius 1 is 1.06 bits per heavy atom. The molecule has 0 radical (unpaired) electrons. The third-order valence-corrected chi connectivity index (χ3v) is 5.84. The van der Waals surface area contributed by atoms with Crippen molar-refractivity contribution < 1.29 is 29.0 Å². The highest BCUT2D eigenvalue weighted by molar-refractivity contribution is 5.92. The van der Waals surface area contributed by atoms with Crippen molar-refractivity contribution >= 4 is 18.0 Å². The van der Waals surface area contributed by atoms with Gasteiger partial charge in [-0.2, -0.15) is 0 Å². The highest BCUT2D eigenvalue weighted by atomic mass is 16.5. The minimum atomic E-state index is -1.50. The van der Waals surface area contributed by atoms with Crippen molar-refractivity contribution in [3.63, 3.8) is 0 Å². The number of aliphatic carboxylic acids is 1. The summed E-state index contributed by atoms with van der Waals surface area (Å²) >= 11 is 0. The van der Waals surface area contributed by atoms with Gasteiger partial charge in [0, 0.05) is 13.0 Å². The van der Waals surface area contributed by atoms with Crippen LogP contribution in [0.15, 0.2) is 48.5 Å². The van der Waals surface area contributed by atoms with Crippen LogP contribution in [0.1, 0.15) is 43.7 Å². The number of hydrogen-bond donors (Lipinski definition) is 3. The molecule has 2 aromatic rings. The molecule has 0 saturated heterocycles. The number of methoxy groups -OCH3 is 1. The molecule has 0 fully saturated rings. The number of rotatable bonds is 10. The van der Waals surface area contributed by atoms with E-state index >= 15 is 0 Å². The Bertz CT molecular complexity index is 978. The average Bonchev–Trinajstić information content (AvgIpc) is 3.11. The van der Waals surface area contributed by atoms with E-state index in [9.17, 15) is 19.5 Å². The summed E-state index contributed by atoms with van der Waals surface area (Å²) < 4.78 is 10.7. The molecule has 1 aliphatic rings. The van der Waals surface area contributed by atoms with Gasteiger partial charge in [-0.1, -0.05) is 61.9 Å². The molecule has 3 rings (SSSR count). The van der Waals surface area contributed by atoms with E-state index in [2.05, 4.69) is 10.6 Å². The van der Waals surface area contributed by atoms with E-state index in [4.69, 9.17) is 9.47 Å². The normalized spacial score (nSPS) is 15.0. The molecule has 0 bridgehead atoms. The number of carbonyl (C=O) groups is 3. The number of ether oxygens (including phenoxy) is 2. The van der Waals surface area contributed by atoms with Crippen LogP contribution in [-0.4, -0.2) is 55.0 Å². The van der Waals surface area contributed by atoms with Gasteiger partial charge in [-0.15, -0.1) is 0 Å². The largest absolute Gasteiger partial charge is 0.480 e. The predicted octanol–water partition coefficient (Wildman–Crippen LogP) is 3.30. The molecule has 2 atom stereocenters. The third-order valence-electron chi connectivity index (χ3n) is 5.84. The lowest BCUT2D eigenvalue weighted by atomic mass is 9.98. The minimum absolute atomic E-state index is 0.0954. The minimum Gasteiger partial charge on any atom is -0.480 e. The number of amides is 2. The molecule has 3 N–H and O–H groups in total. The van der Waals surface area contributed by atoms with Gasteiger partial charge in [0.15, 0.2) is 0 Å². The Labute approximate surface area is 193 Å². The summed E-state index contributed by atoms with van der Waals surface area (Å²) in [6, 6.07) is 14.9. The van der Waals surface area contributed by atoms with Gasteiger partial charge < -0.3 is 25.2 Å². The monoisotopic (exact) mass is 454 g/mol. The summed E-state index contributed by atoms with van der Waals surface area (Å²) in [4.78, 5) is 36.9. The molecule has 0 saturated carbocycles. The number of nitrogens with one attached hydrogen (secondary N) is 2. The van der Waals surface area contributed by atoms with E-state index < -0.39 is 29.6 Å². The molecule has 0 aliphatic heterocycles. The van der Waals surface area contributed by atoms with Crippen LogP contribution in [-0.2, 0) is 19.1 Å². The van der Waals surface area contributed by atoms with Gasteiger partial charge in [-0.05, 0) is 35.6 Å². The van der Waals surface area contributed by atoms with E-state index in [1.54, 1.807) is 0 Å². The van der Waals surface area contributed by atoms with Crippen LogP contribution >= 0.6 is 0 Å². The zero-order chi connectivity index (χ0) is 24.0. The van der Waals surface area contributed by atoms with E-state index in [1.165, 1.54) is 14.0 Å². The number of alkyl carbamates (subject to hydrolysis) is 1. The number of fused-ring (bicyclic) bond motifs is 3. The zero-order valence-corrected chi connectivity index (χ0v) is 19.1. The number of carbonyl (C=O) groups excluding carboxylic acids is 2. The van der Waals surface area contributed by atoms with Gasteiger partial charge in [-0.25, -0.2) is 9.59 Å². The highest BCUT2D eigenvalue weighted by Crippen LogP contribution is 2.44. The van der Waals surface area contributed by atoms with Gasteiger partial charge >= 0.3 is 12.1 Å². The number of carboxylic acid groups (broad SMARTS) is 1. The van der Waals surface area contributed by atoms with Crippen LogP contribution in [0.4, 0.5) is 4.79 Å². The second-order valence-corrected chi connectivity index (χ2v) is 8.37. The first-order valence-corrected chi connectivity index (χ1v) is 11.0. The van der Waals surface area contributed by atoms with Crippen molar-refractivity contribution in [2.75, 3.05) is 20.3 Å². The summed E-state index contributed by atoms with van der Waals surface area (Å²) in [5.74, 6) is -1.91. The molecule has 0 spiro atoms. The highest BCUT2D eigenvalue weighted by Gasteiger charge is 2.38. The first kappa shape index (κ1) is 24.3. The fourth-order valence-electron chi connectivity index (χ4n) is 4.17. The van der Waals surface area contributed by atoms with Gasteiger partial charge in [0.2, 0.25) is 5.91 Å². The summed E-state index contributed by atoms with van der Waals surface area (Å²) in [5, 5.41) is 14.4. The van der Waals surface area contributed by atoms with Crippen molar-refractivity contribution in [1.82, 2.24) is 10.6 Å². The molecule has 0 aromatic heterocycles. The molecule has 8 heteroatoms. The number of carboxylic acids is 1. The molecular formula is C25H30N2O6. The molecule has 0 heterocycles. The molecule has 1 aliphatic carbocycles. The topological polar surface area (TPSA) is 114 Å². The maximum absolute atomic E-state index is 12.8. The molecule has 33 heavy (non-hydrogen) atoms. The predicted molar refractivity (Wildman–Crippen MR) is 123 cm³/mol. The summed E-state index contributed by atoms with van der Waals surface area (Å²) in [7, 11) is 1.39. The second-order valence-electron chi connectivity index (χ2n) is 8.37.